The van der Waals surface area contributed by atoms with Crippen molar-refractivity contribution >= 4 is 33.7 Å². The van der Waals surface area contributed by atoms with Crippen LogP contribution in [0.1, 0.15) is 12.8 Å². The van der Waals surface area contributed by atoms with Gasteiger partial charge in [-0.3, -0.25) is 9.59 Å². The molecule has 0 aliphatic heterocycles. The topological polar surface area (TPSA) is 119 Å². The highest BCUT2D eigenvalue weighted by Crippen LogP contribution is 2.17. The average molecular weight is 359 g/mol. The molecule has 0 saturated heterocycles. The van der Waals surface area contributed by atoms with E-state index in [2.05, 4.69) is 21.2 Å². The summed E-state index contributed by atoms with van der Waals surface area (Å²) in [4.78, 5) is 33.2. The van der Waals surface area contributed by atoms with Gasteiger partial charge in [-0.1, -0.05) is 22.0 Å². The molecule has 114 valence electrons. The molecule has 0 aliphatic carbocycles. The fraction of sp³-hybridized carbons (Fsp3) is 0.308. The van der Waals surface area contributed by atoms with E-state index in [4.69, 9.17) is 15.6 Å². The first-order valence-corrected chi connectivity index (χ1v) is 6.86. The van der Waals surface area contributed by atoms with Gasteiger partial charge in [0, 0.05) is 10.9 Å². The lowest BCUT2D eigenvalue weighted by Crippen LogP contribution is -2.43. The van der Waals surface area contributed by atoms with Gasteiger partial charge in [0.15, 0.2) is 6.61 Å². The van der Waals surface area contributed by atoms with Gasteiger partial charge in [-0.2, -0.15) is 0 Å². The van der Waals surface area contributed by atoms with Crippen molar-refractivity contribution in [3.8, 4) is 5.75 Å². The number of carbonyl (C=O) groups is 3. The van der Waals surface area contributed by atoms with E-state index in [0.29, 0.717) is 5.75 Å². The number of primary amides is 1. The van der Waals surface area contributed by atoms with Crippen LogP contribution in [0.5, 0.6) is 5.75 Å². The molecule has 0 saturated carbocycles. The third-order valence-electron chi connectivity index (χ3n) is 2.48. The summed E-state index contributed by atoms with van der Waals surface area (Å²) >= 11 is 3.26. The van der Waals surface area contributed by atoms with Crippen LogP contribution < -0.4 is 15.8 Å². The summed E-state index contributed by atoms with van der Waals surface area (Å²) in [6.07, 6.45) is -0.184. The van der Waals surface area contributed by atoms with E-state index in [1.54, 1.807) is 24.3 Å². The van der Waals surface area contributed by atoms with Gasteiger partial charge in [-0.05, 0) is 24.6 Å². The monoisotopic (exact) mass is 358 g/mol. The summed E-state index contributed by atoms with van der Waals surface area (Å²) in [6.45, 7) is -0.323. The van der Waals surface area contributed by atoms with Crippen LogP contribution in [0.4, 0.5) is 0 Å². The minimum Gasteiger partial charge on any atom is -0.484 e. The zero-order valence-electron chi connectivity index (χ0n) is 11.0. The van der Waals surface area contributed by atoms with Crippen molar-refractivity contribution in [2.45, 2.75) is 18.9 Å². The van der Waals surface area contributed by atoms with Crippen LogP contribution in [0.2, 0.25) is 0 Å². The molecule has 0 radical (unpaired) electrons. The normalized spacial score (nSPS) is 11.5. The fourth-order valence-electron chi connectivity index (χ4n) is 1.49. The zero-order chi connectivity index (χ0) is 15.8. The maximum Gasteiger partial charge on any atom is 0.326 e. The largest absolute Gasteiger partial charge is 0.484 e. The first-order chi connectivity index (χ1) is 9.88. The van der Waals surface area contributed by atoms with E-state index < -0.39 is 23.8 Å². The number of hydrogen-bond acceptors (Lipinski definition) is 4. The Morgan fingerprint density at radius 3 is 2.67 bits per heavy atom. The summed E-state index contributed by atoms with van der Waals surface area (Å²) in [7, 11) is 0. The van der Waals surface area contributed by atoms with Crippen molar-refractivity contribution in [3.05, 3.63) is 28.7 Å². The second kappa shape index (κ2) is 8.25. The molecule has 2 amide bonds. The highest BCUT2D eigenvalue weighted by atomic mass is 79.9. The highest BCUT2D eigenvalue weighted by molar-refractivity contribution is 9.10. The molecular formula is C13H15BrN2O5. The molecular weight excluding hydrogens is 344 g/mol. The number of carboxylic acid groups (broad SMARTS) is 1. The molecule has 4 N–H and O–H groups in total. The lowest BCUT2D eigenvalue weighted by molar-refractivity contribution is -0.142. The van der Waals surface area contributed by atoms with Gasteiger partial charge in [0.05, 0.1) is 0 Å². The standard InChI is InChI=1S/C13H15BrN2O5/c14-8-2-1-3-9(6-8)21-7-12(18)16-10(13(19)20)4-5-11(15)17/h1-3,6,10H,4-5,7H2,(H2,15,17)(H,16,18)(H,19,20)/t10-/m0/s1. The average Bonchev–Trinajstić information content (AvgIpc) is 2.40. The summed E-state index contributed by atoms with van der Waals surface area (Å²) in [5.74, 6) is -1.97. The number of carbonyl (C=O) groups excluding carboxylic acids is 2. The van der Waals surface area contributed by atoms with E-state index in [1.165, 1.54) is 0 Å². The quantitative estimate of drug-likeness (QED) is 0.630. The van der Waals surface area contributed by atoms with Crippen LogP contribution in [0.25, 0.3) is 0 Å². The lowest BCUT2D eigenvalue weighted by Gasteiger charge is -2.14. The predicted molar refractivity (Wildman–Crippen MR) is 77.6 cm³/mol. The molecule has 0 unspecified atom stereocenters. The fourth-order valence-corrected chi connectivity index (χ4v) is 1.86. The van der Waals surface area contributed by atoms with Crippen LogP contribution >= 0.6 is 15.9 Å². The number of nitrogens with one attached hydrogen (secondary N) is 1. The van der Waals surface area contributed by atoms with Gasteiger partial charge in [0.2, 0.25) is 5.91 Å². The van der Waals surface area contributed by atoms with Crippen LogP contribution in [0.15, 0.2) is 28.7 Å². The Morgan fingerprint density at radius 2 is 2.10 bits per heavy atom. The minimum absolute atomic E-state index is 0.0622. The molecule has 8 heteroatoms. The third-order valence-corrected chi connectivity index (χ3v) is 2.97. The van der Waals surface area contributed by atoms with E-state index in [1.807, 2.05) is 0 Å². The Bertz CT molecular complexity index is 535. The minimum atomic E-state index is -1.23. The van der Waals surface area contributed by atoms with E-state index >= 15 is 0 Å². The van der Waals surface area contributed by atoms with E-state index in [0.717, 1.165) is 4.47 Å². The van der Waals surface area contributed by atoms with Crippen LogP contribution in [-0.4, -0.2) is 35.5 Å². The molecule has 0 aliphatic rings. The molecule has 1 rings (SSSR count). The highest BCUT2D eigenvalue weighted by Gasteiger charge is 2.20. The van der Waals surface area contributed by atoms with Gasteiger partial charge in [0.25, 0.3) is 5.91 Å². The molecule has 0 bridgehead atoms. The van der Waals surface area contributed by atoms with Crippen molar-refractivity contribution in [3.63, 3.8) is 0 Å². The maximum atomic E-state index is 11.6. The Morgan fingerprint density at radius 1 is 1.38 bits per heavy atom. The predicted octanol–water partition coefficient (Wildman–Crippen LogP) is 0.663. The Labute approximate surface area is 129 Å². The molecule has 1 atom stereocenters. The second-order valence-corrected chi connectivity index (χ2v) is 5.13. The molecule has 0 heterocycles. The number of hydrogen-bond donors (Lipinski definition) is 3. The Balaban J connectivity index is 2.46. The summed E-state index contributed by atoms with van der Waals surface area (Å²) in [5, 5.41) is 11.2. The number of halogens is 1. The number of aliphatic carboxylic acids is 1. The molecule has 0 fully saturated rings. The van der Waals surface area contributed by atoms with E-state index in [9.17, 15) is 14.4 Å². The van der Waals surface area contributed by atoms with Gasteiger partial charge >= 0.3 is 5.97 Å². The Hall–Kier alpha value is -2.09. The van der Waals surface area contributed by atoms with Gasteiger partial charge < -0.3 is 20.9 Å². The van der Waals surface area contributed by atoms with Gasteiger partial charge in [-0.15, -0.1) is 0 Å². The molecule has 1 aromatic carbocycles. The molecule has 7 nitrogen and oxygen atoms in total. The van der Waals surface area contributed by atoms with Crippen molar-refractivity contribution in [1.29, 1.82) is 0 Å². The van der Waals surface area contributed by atoms with Crippen molar-refractivity contribution < 1.29 is 24.2 Å². The van der Waals surface area contributed by atoms with Crippen LogP contribution in [0, 0.1) is 0 Å². The van der Waals surface area contributed by atoms with Crippen LogP contribution in [0.3, 0.4) is 0 Å². The third kappa shape index (κ3) is 6.75. The number of benzene rings is 1. The first kappa shape index (κ1) is 17.0. The Kier molecular flexibility index (Phi) is 6.67. The molecule has 1 aromatic rings. The van der Waals surface area contributed by atoms with Gasteiger partial charge in [0.1, 0.15) is 11.8 Å². The number of rotatable bonds is 8. The molecule has 0 aromatic heterocycles. The SMILES string of the molecule is NC(=O)CC[C@H](NC(=O)COc1cccc(Br)c1)C(=O)O. The first-order valence-electron chi connectivity index (χ1n) is 6.07. The number of amides is 2. The smallest absolute Gasteiger partial charge is 0.326 e. The van der Waals surface area contributed by atoms with Crippen molar-refractivity contribution in [2.75, 3.05) is 6.61 Å². The van der Waals surface area contributed by atoms with Crippen LogP contribution in [-0.2, 0) is 14.4 Å². The summed E-state index contributed by atoms with van der Waals surface area (Å²) in [5.41, 5.74) is 4.95. The van der Waals surface area contributed by atoms with Crippen molar-refractivity contribution in [1.82, 2.24) is 5.32 Å². The zero-order valence-corrected chi connectivity index (χ0v) is 12.6. The maximum absolute atomic E-state index is 11.6. The summed E-state index contributed by atoms with van der Waals surface area (Å²) < 4.78 is 6.02. The number of carboxylic acids is 1. The van der Waals surface area contributed by atoms with Gasteiger partial charge in [-0.25, -0.2) is 4.79 Å². The van der Waals surface area contributed by atoms with Crippen molar-refractivity contribution in [2.24, 2.45) is 5.73 Å². The molecule has 21 heavy (non-hydrogen) atoms. The van der Waals surface area contributed by atoms with E-state index in [-0.39, 0.29) is 19.4 Å². The summed E-state index contributed by atoms with van der Waals surface area (Å²) in [6, 6.07) is 5.71. The second-order valence-electron chi connectivity index (χ2n) is 4.21. The molecule has 0 spiro atoms. The lowest BCUT2D eigenvalue weighted by atomic mass is 10.1. The number of ether oxygens (including phenoxy) is 1. The number of nitrogens with two attached hydrogens (primary N) is 1.